The molecule has 0 radical (unpaired) electrons. The molecule has 6 heterocycles. The molecule has 0 N–H and O–H groups in total. The summed E-state index contributed by atoms with van der Waals surface area (Å²) in [6, 6.07) is 33.4. The van der Waals surface area contributed by atoms with E-state index in [-0.39, 0.29) is 51.0 Å². The fraction of sp³-hybridized carbons (Fsp3) is 0.370. The van der Waals surface area contributed by atoms with E-state index in [9.17, 15) is 60.0 Å². The topological polar surface area (TPSA) is 178 Å². The van der Waals surface area contributed by atoms with Crippen LogP contribution in [0.2, 0.25) is 0 Å². The summed E-state index contributed by atoms with van der Waals surface area (Å²) in [6.07, 6.45) is 7.36. The second-order valence-corrected chi connectivity index (χ2v) is 21.6. The molecular weight excluding hydrogens is 1220 g/mol. The Kier molecular flexibility index (Phi) is 25.6. The third-order valence-electron chi connectivity index (χ3n) is 10.6. The molecule has 2 aliphatic rings. The number of nitrogens with zero attached hydrogens (tertiary/aromatic N) is 4. The Labute approximate surface area is 485 Å². The van der Waals surface area contributed by atoms with Crippen LogP contribution in [-0.4, -0.2) is 128 Å². The molecule has 2 aromatic carbocycles. The molecule has 6 aromatic rings. The number of fused-ring (bicyclic) bond motifs is 7. The van der Waals surface area contributed by atoms with Crippen LogP contribution < -0.4 is 28.1 Å². The number of ether oxygens (including phenoxy) is 12. The van der Waals surface area contributed by atoms with E-state index in [4.69, 9.17) is 56.8 Å². The van der Waals surface area contributed by atoms with Crippen LogP contribution in [0.25, 0.3) is 11.4 Å². The van der Waals surface area contributed by atoms with Gasteiger partial charge >= 0.3 is 77.9 Å². The summed E-state index contributed by atoms with van der Waals surface area (Å²) in [5, 5.41) is 0. The maximum absolute atomic E-state index is 12.5. The Hall–Kier alpha value is -7.04. The van der Waals surface area contributed by atoms with Crippen molar-refractivity contribution in [3.63, 3.8) is 0 Å². The molecule has 32 heteroatoms. The van der Waals surface area contributed by atoms with Crippen LogP contribution in [0.5, 0.6) is 23.0 Å². The smallest absolute Gasteiger partial charge is 0.357 e. The van der Waals surface area contributed by atoms with Crippen LogP contribution in [0.3, 0.4) is 0 Å². The number of hydrogen-bond donors (Lipinski definition) is 0. The number of aromatic nitrogens is 4. The number of benzene rings is 2. The van der Waals surface area contributed by atoms with Gasteiger partial charge in [0.1, 0.15) is 74.0 Å². The SMILES string of the molecule is F[P-](F)(F)(F)(F)F.F[P-](F)(F)(F)(F)F.O=C(OCc1cc2cc(c1)OCCOCCOCCOCCOc1cc(COC(=O)c3ccccn3)cc(c1)OCCOCCOCCOCCO2)c1ccccn1.c1cc[n+]2c(c1)-c1cccc[n+]1CC2. The number of aryl methyl sites for hydroxylation is 2. The van der Waals surface area contributed by atoms with Crippen LogP contribution in [0.15, 0.2) is 134 Å². The van der Waals surface area contributed by atoms with E-state index in [2.05, 4.69) is 67.9 Å². The van der Waals surface area contributed by atoms with Crippen LogP contribution in [0.1, 0.15) is 32.1 Å². The van der Waals surface area contributed by atoms with Gasteiger partial charge in [0.25, 0.3) is 11.4 Å². The molecule has 476 valence electrons. The van der Waals surface area contributed by atoms with Crippen LogP contribution in [0.4, 0.5) is 50.4 Å². The zero-order valence-electron chi connectivity index (χ0n) is 45.8. The van der Waals surface area contributed by atoms with Crippen molar-refractivity contribution < 1.29 is 126 Å². The molecule has 0 spiro atoms. The number of pyridine rings is 4. The van der Waals surface area contributed by atoms with Crippen molar-refractivity contribution in [2.75, 3.05) is 106 Å². The van der Waals surface area contributed by atoms with Gasteiger partial charge in [-0.05, 0) is 71.8 Å². The maximum Gasteiger partial charge on any atom is 0.357 e. The molecule has 0 saturated carbocycles. The summed E-state index contributed by atoms with van der Waals surface area (Å²) in [7, 11) is -21.3. The van der Waals surface area contributed by atoms with E-state index in [1.807, 2.05) is 0 Å². The second kappa shape index (κ2) is 31.6. The predicted octanol–water partition coefficient (Wildman–Crippen LogP) is 12.2. The van der Waals surface area contributed by atoms with E-state index in [1.165, 1.54) is 23.8 Å². The monoisotopic (exact) mass is 1280 g/mol. The number of rotatable bonds is 6. The van der Waals surface area contributed by atoms with Gasteiger partial charge in [-0.2, -0.15) is 9.13 Å². The van der Waals surface area contributed by atoms with Crippen molar-refractivity contribution in [3.8, 4) is 34.4 Å². The third-order valence-corrected chi connectivity index (χ3v) is 10.6. The summed E-state index contributed by atoms with van der Waals surface area (Å²) >= 11 is 0. The molecule has 0 amide bonds. The van der Waals surface area contributed by atoms with Crippen molar-refractivity contribution in [3.05, 3.63) is 156 Å². The molecule has 0 unspecified atom stereocenters. The van der Waals surface area contributed by atoms with Gasteiger partial charge in [0.15, 0.2) is 12.4 Å². The minimum Gasteiger partial charge on any atom is -0.491 e. The molecule has 4 bridgehead atoms. The van der Waals surface area contributed by atoms with Gasteiger partial charge in [0, 0.05) is 48.8 Å². The Balaban J connectivity index is 0.000000388. The standard InChI is InChI=1S/C42H50N2O14.C12H12N2.2F6P/c45-41(39-5-1-3-7-43-39)57-31-33-25-35-29-36(26-33)54-22-18-50-14-10-48-12-16-52-20-24-56-38-28-34(32-58-42(46)40-6-2-4-8-44-40)27-37(30-38)55-23-19-51-15-11-47-9-13-49-17-21-53-35;1-3-7-13-9-10-14-8-4-2-6-12(14)11(13)5-1;2*1-7(2,3,4,5)6/h1-8,25-30H,9-24,31-32H2;1-8H,9-10H2;;/q;+2;2*-1. The maximum atomic E-state index is 12.5. The van der Waals surface area contributed by atoms with E-state index in [0.717, 1.165) is 13.1 Å². The van der Waals surface area contributed by atoms with Crippen molar-refractivity contribution >= 4 is 27.6 Å². The van der Waals surface area contributed by atoms with Gasteiger partial charge in [-0.3, -0.25) is 0 Å². The van der Waals surface area contributed by atoms with E-state index < -0.39 is 27.6 Å². The fourth-order valence-electron chi connectivity index (χ4n) is 7.15. The van der Waals surface area contributed by atoms with Gasteiger partial charge in [0.05, 0.1) is 79.3 Å². The number of halogens is 12. The molecule has 86 heavy (non-hydrogen) atoms. The first-order valence-electron chi connectivity index (χ1n) is 26.0. The molecule has 2 aliphatic heterocycles. The molecule has 8 rings (SSSR count). The summed E-state index contributed by atoms with van der Waals surface area (Å²) in [5.41, 5.74) is 4.41. The average Bonchev–Trinajstić information content (AvgIpc) is 2.60. The van der Waals surface area contributed by atoms with Gasteiger partial charge in [0.2, 0.25) is 13.1 Å². The Morgan fingerprint density at radius 2 is 0.651 bits per heavy atom. The first kappa shape index (κ1) is 69.7. The molecule has 0 fully saturated rings. The largest absolute Gasteiger partial charge is 0.491 e. The first-order valence-corrected chi connectivity index (χ1v) is 30.0. The van der Waals surface area contributed by atoms with Gasteiger partial charge < -0.3 is 56.8 Å². The minimum absolute atomic E-state index is 0.000664. The Morgan fingerprint density at radius 3 is 0.919 bits per heavy atom. The van der Waals surface area contributed by atoms with Crippen LogP contribution in [0, 0.1) is 0 Å². The van der Waals surface area contributed by atoms with E-state index >= 15 is 0 Å². The molecule has 0 saturated heterocycles. The summed E-state index contributed by atoms with van der Waals surface area (Å²) in [6.45, 7) is 7.60. The van der Waals surface area contributed by atoms with Gasteiger partial charge in [-0.1, -0.05) is 12.1 Å². The van der Waals surface area contributed by atoms with Crippen molar-refractivity contribution in [2.24, 2.45) is 0 Å². The normalized spacial score (nSPS) is 16.9. The summed E-state index contributed by atoms with van der Waals surface area (Å²) in [4.78, 5) is 33.0. The van der Waals surface area contributed by atoms with E-state index in [0.29, 0.717) is 113 Å². The zero-order valence-corrected chi connectivity index (χ0v) is 47.6. The second-order valence-electron chi connectivity index (χ2n) is 17.8. The molecule has 4 aromatic heterocycles. The Morgan fingerprint density at radius 1 is 0.384 bits per heavy atom. The number of esters is 2. The summed E-state index contributed by atoms with van der Waals surface area (Å²) < 4.78 is 192. The van der Waals surface area contributed by atoms with Crippen molar-refractivity contribution in [2.45, 2.75) is 26.3 Å². The zero-order chi connectivity index (χ0) is 62.5. The van der Waals surface area contributed by atoms with Gasteiger partial charge in [-0.15, -0.1) is 0 Å². The molecule has 0 aliphatic carbocycles. The Bertz CT molecular complexity index is 2760. The van der Waals surface area contributed by atoms with Gasteiger partial charge in [-0.25, -0.2) is 19.6 Å². The minimum atomic E-state index is -10.7. The number of carbonyl (C=O) groups is 2. The predicted molar refractivity (Wildman–Crippen MR) is 286 cm³/mol. The van der Waals surface area contributed by atoms with Crippen LogP contribution >= 0.6 is 15.6 Å². The molecular formula is C54H62F12N4O14P2. The average molecular weight is 1280 g/mol. The number of hydrogen-bond acceptors (Lipinski definition) is 16. The van der Waals surface area contributed by atoms with Crippen molar-refractivity contribution in [1.29, 1.82) is 0 Å². The first-order chi connectivity index (χ1) is 40.5. The fourth-order valence-corrected chi connectivity index (χ4v) is 7.15. The van der Waals surface area contributed by atoms with E-state index in [1.54, 1.807) is 72.8 Å². The molecule has 0 atom stereocenters. The van der Waals surface area contributed by atoms with Crippen molar-refractivity contribution in [1.82, 2.24) is 9.97 Å². The summed E-state index contributed by atoms with van der Waals surface area (Å²) in [5.74, 6) is 1.07. The molecule has 18 nitrogen and oxygen atoms in total. The van der Waals surface area contributed by atoms with Crippen LogP contribution in [-0.2, 0) is 64.2 Å². The quantitative estimate of drug-likeness (QED) is 0.0665. The third kappa shape index (κ3) is 34.2. The number of carbonyl (C=O) groups excluding carboxylic acids is 2.